The van der Waals surface area contributed by atoms with Gasteiger partial charge < -0.3 is 4.90 Å². The molecule has 0 amide bonds. The highest BCUT2D eigenvalue weighted by Crippen LogP contribution is 2.09. The van der Waals surface area contributed by atoms with Gasteiger partial charge in [-0.2, -0.15) is 0 Å². The van der Waals surface area contributed by atoms with Crippen LogP contribution in [0.5, 0.6) is 0 Å². The minimum Gasteiger partial charge on any atom is -0.306 e. The minimum absolute atomic E-state index is 0.553. The van der Waals surface area contributed by atoms with Gasteiger partial charge in [-0.05, 0) is 30.4 Å². The zero-order valence-corrected chi connectivity index (χ0v) is 9.07. The van der Waals surface area contributed by atoms with E-state index in [1.807, 2.05) is 7.05 Å². The highest BCUT2D eigenvalue weighted by molar-refractivity contribution is 7.09. The Morgan fingerprint density at radius 1 is 1.57 bits per heavy atom. The Labute approximate surface area is 87.8 Å². The number of rotatable bonds is 6. The molecular formula is C9H14N4S. The maximum absolute atomic E-state index is 8.10. The Kier molecular flexibility index (Phi) is 5.07. The number of nitrogens with zero attached hydrogens (tertiary/aromatic N) is 4. The zero-order valence-electron chi connectivity index (χ0n) is 8.26. The third kappa shape index (κ3) is 4.28. The molecule has 0 bridgehead atoms. The van der Waals surface area contributed by atoms with Crippen molar-refractivity contribution in [3.8, 4) is 0 Å². The van der Waals surface area contributed by atoms with E-state index in [0.717, 1.165) is 19.5 Å². The summed E-state index contributed by atoms with van der Waals surface area (Å²) >= 11 is 1.78. The van der Waals surface area contributed by atoms with E-state index in [2.05, 4.69) is 32.4 Å². The molecule has 1 aromatic rings. The highest BCUT2D eigenvalue weighted by Gasteiger charge is 1.98. The molecule has 0 aliphatic heterocycles. The number of azide groups is 1. The molecule has 0 saturated carbocycles. The lowest BCUT2D eigenvalue weighted by atomic mass is 10.3. The summed E-state index contributed by atoms with van der Waals surface area (Å²) < 4.78 is 0. The number of likely N-dealkylation sites (N-methyl/N-ethyl adjacent to an activating group) is 1. The first kappa shape index (κ1) is 11.0. The van der Waals surface area contributed by atoms with Crippen LogP contribution in [0.2, 0.25) is 0 Å². The van der Waals surface area contributed by atoms with Crippen molar-refractivity contribution in [1.82, 2.24) is 4.90 Å². The first-order valence-corrected chi connectivity index (χ1v) is 5.42. The lowest BCUT2D eigenvalue weighted by Gasteiger charge is -2.13. The van der Waals surface area contributed by atoms with Crippen LogP contribution in [-0.2, 0) is 6.42 Å². The van der Waals surface area contributed by atoms with Gasteiger partial charge >= 0.3 is 0 Å². The van der Waals surface area contributed by atoms with E-state index in [1.165, 1.54) is 4.88 Å². The summed E-state index contributed by atoms with van der Waals surface area (Å²) in [6, 6.07) is 4.21. The maximum atomic E-state index is 8.10. The van der Waals surface area contributed by atoms with E-state index < -0.39 is 0 Å². The lowest BCUT2D eigenvalue weighted by Crippen LogP contribution is -2.23. The van der Waals surface area contributed by atoms with Crippen LogP contribution in [0.15, 0.2) is 22.6 Å². The quantitative estimate of drug-likeness (QED) is 0.404. The van der Waals surface area contributed by atoms with Gasteiger partial charge in [0.1, 0.15) is 0 Å². The van der Waals surface area contributed by atoms with Crippen LogP contribution in [-0.4, -0.2) is 31.6 Å². The van der Waals surface area contributed by atoms with Crippen molar-refractivity contribution in [1.29, 1.82) is 0 Å². The summed E-state index contributed by atoms with van der Waals surface area (Å²) in [6.07, 6.45) is 1.07. The van der Waals surface area contributed by atoms with Gasteiger partial charge in [0.2, 0.25) is 0 Å². The largest absolute Gasteiger partial charge is 0.306 e. The second-order valence-electron chi connectivity index (χ2n) is 3.09. The molecule has 0 aliphatic rings. The van der Waals surface area contributed by atoms with Crippen LogP contribution < -0.4 is 0 Å². The number of hydrogen-bond donors (Lipinski definition) is 0. The van der Waals surface area contributed by atoms with Gasteiger partial charge in [-0.15, -0.1) is 11.3 Å². The topological polar surface area (TPSA) is 52.0 Å². The van der Waals surface area contributed by atoms with E-state index in [4.69, 9.17) is 5.53 Å². The molecule has 76 valence electrons. The molecule has 5 heteroatoms. The summed E-state index contributed by atoms with van der Waals surface area (Å²) in [4.78, 5) is 6.30. The van der Waals surface area contributed by atoms with Crippen LogP contribution in [0.1, 0.15) is 4.88 Å². The van der Waals surface area contributed by atoms with Gasteiger partial charge in [-0.3, -0.25) is 0 Å². The van der Waals surface area contributed by atoms with Gasteiger partial charge in [0.05, 0.1) is 0 Å². The second kappa shape index (κ2) is 6.43. The molecular weight excluding hydrogens is 196 g/mol. The monoisotopic (exact) mass is 210 g/mol. The van der Waals surface area contributed by atoms with E-state index in [-0.39, 0.29) is 0 Å². The molecule has 1 aromatic heterocycles. The van der Waals surface area contributed by atoms with Crippen molar-refractivity contribution in [2.45, 2.75) is 6.42 Å². The first-order valence-electron chi connectivity index (χ1n) is 4.54. The van der Waals surface area contributed by atoms with Crippen LogP contribution in [0.4, 0.5) is 0 Å². The van der Waals surface area contributed by atoms with Gasteiger partial charge in [-0.1, -0.05) is 11.2 Å². The third-order valence-corrected chi connectivity index (χ3v) is 2.90. The number of thiophene rings is 1. The number of hydrogen-bond acceptors (Lipinski definition) is 3. The molecule has 0 atom stereocenters. The molecule has 0 unspecified atom stereocenters. The molecule has 1 heterocycles. The smallest absolute Gasteiger partial charge is 0.0385 e. The van der Waals surface area contributed by atoms with Crippen LogP contribution in [0.3, 0.4) is 0 Å². The fourth-order valence-electron chi connectivity index (χ4n) is 1.13. The van der Waals surface area contributed by atoms with Crippen molar-refractivity contribution in [2.75, 3.05) is 26.7 Å². The van der Waals surface area contributed by atoms with Crippen LogP contribution in [0, 0.1) is 0 Å². The molecule has 0 radical (unpaired) electrons. The average Bonchev–Trinajstić information content (AvgIpc) is 2.68. The molecule has 4 nitrogen and oxygen atoms in total. The van der Waals surface area contributed by atoms with Crippen molar-refractivity contribution in [3.05, 3.63) is 32.8 Å². The van der Waals surface area contributed by atoms with Crippen LogP contribution in [0.25, 0.3) is 10.4 Å². The maximum Gasteiger partial charge on any atom is 0.0385 e. The minimum atomic E-state index is 0.553. The lowest BCUT2D eigenvalue weighted by molar-refractivity contribution is 0.349. The van der Waals surface area contributed by atoms with E-state index in [1.54, 1.807) is 11.3 Å². The third-order valence-electron chi connectivity index (χ3n) is 1.96. The summed E-state index contributed by atoms with van der Waals surface area (Å²) in [7, 11) is 2.04. The van der Waals surface area contributed by atoms with Crippen LogP contribution >= 0.6 is 11.3 Å². The molecule has 0 N–H and O–H groups in total. The molecule has 14 heavy (non-hydrogen) atoms. The molecule has 0 aliphatic carbocycles. The Bertz CT molecular complexity index is 290. The van der Waals surface area contributed by atoms with Gasteiger partial charge in [0.15, 0.2) is 0 Å². The van der Waals surface area contributed by atoms with E-state index >= 15 is 0 Å². The fourth-order valence-corrected chi connectivity index (χ4v) is 1.83. The Morgan fingerprint density at radius 2 is 2.43 bits per heavy atom. The van der Waals surface area contributed by atoms with Gasteiger partial charge in [0.25, 0.3) is 0 Å². The predicted octanol–water partition coefficient (Wildman–Crippen LogP) is 2.53. The first-order chi connectivity index (χ1) is 6.83. The van der Waals surface area contributed by atoms with E-state index in [0.29, 0.717) is 6.54 Å². The summed E-state index contributed by atoms with van der Waals surface area (Å²) in [5.74, 6) is 0. The molecule has 0 fully saturated rings. The van der Waals surface area contributed by atoms with Crippen molar-refractivity contribution < 1.29 is 0 Å². The normalized spacial score (nSPS) is 10.1. The fraction of sp³-hybridized carbons (Fsp3) is 0.556. The van der Waals surface area contributed by atoms with Crippen molar-refractivity contribution >= 4 is 11.3 Å². The molecule has 0 saturated heterocycles. The molecule has 0 spiro atoms. The van der Waals surface area contributed by atoms with Gasteiger partial charge in [-0.25, -0.2) is 0 Å². The predicted molar refractivity (Wildman–Crippen MR) is 59.5 cm³/mol. The summed E-state index contributed by atoms with van der Waals surface area (Å²) in [5, 5.41) is 5.59. The van der Waals surface area contributed by atoms with Crippen molar-refractivity contribution in [2.24, 2.45) is 5.11 Å². The van der Waals surface area contributed by atoms with Crippen molar-refractivity contribution in [3.63, 3.8) is 0 Å². The standard InChI is InChI=1S/C9H14N4S/c1-13(7-5-11-12-10)6-4-9-3-2-8-14-9/h2-3,8H,4-7H2,1H3. The zero-order chi connectivity index (χ0) is 10.2. The average molecular weight is 210 g/mol. The second-order valence-corrected chi connectivity index (χ2v) is 4.12. The Hall–Kier alpha value is -1.03. The van der Waals surface area contributed by atoms with E-state index in [9.17, 15) is 0 Å². The summed E-state index contributed by atoms with van der Waals surface area (Å²) in [5.41, 5.74) is 8.10. The SMILES string of the molecule is CN(CCN=[N+]=[N-])CCc1cccs1. The summed E-state index contributed by atoms with van der Waals surface area (Å²) in [6.45, 7) is 2.40. The molecule has 1 rings (SSSR count). The highest BCUT2D eigenvalue weighted by atomic mass is 32.1. The molecule has 0 aromatic carbocycles. The Balaban J connectivity index is 2.14. The Morgan fingerprint density at radius 3 is 3.07 bits per heavy atom. The van der Waals surface area contributed by atoms with Gasteiger partial charge in [0, 0.05) is 29.4 Å².